The van der Waals surface area contributed by atoms with E-state index in [1.165, 1.54) is 19.3 Å². The lowest BCUT2D eigenvalue weighted by Gasteiger charge is -2.37. The van der Waals surface area contributed by atoms with Crippen LogP contribution in [0, 0.1) is 11.8 Å². The van der Waals surface area contributed by atoms with Crippen molar-refractivity contribution < 1.29 is 5.11 Å². The summed E-state index contributed by atoms with van der Waals surface area (Å²) >= 11 is 0. The molecule has 2 aliphatic carbocycles. The van der Waals surface area contributed by atoms with Gasteiger partial charge in [-0.2, -0.15) is 0 Å². The lowest BCUT2D eigenvalue weighted by atomic mass is 9.73. The highest BCUT2D eigenvalue weighted by Gasteiger charge is 2.40. The van der Waals surface area contributed by atoms with Crippen molar-refractivity contribution in [1.29, 1.82) is 0 Å². The van der Waals surface area contributed by atoms with Gasteiger partial charge in [0.15, 0.2) is 0 Å². The second kappa shape index (κ2) is 4.54. The maximum atomic E-state index is 10.8. The number of aliphatic hydroxyl groups is 1. The minimum absolute atomic E-state index is 0.515. The Morgan fingerprint density at radius 1 is 1.33 bits per heavy atom. The highest BCUT2D eigenvalue weighted by atomic mass is 16.3. The Hall–Kier alpha value is -1.09. The van der Waals surface area contributed by atoms with Gasteiger partial charge in [0.1, 0.15) is 5.82 Å². The Labute approximate surface area is 108 Å². The van der Waals surface area contributed by atoms with Crippen molar-refractivity contribution in [3.05, 3.63) is 23.9 Å². The molecule has 1 heterocycles. The van der Waals surface area contributed by atoms with Crippen molar-refractivity contribution in [2.45, 2.75) is 50.5 Å². The standard InChI is InChI=1S/C15H22N2O/c16-14-8-11(5-7-17-14)9-15(18)6-1-2-13(10-15)12-3-4-12/h5,7-8,12-13,18H,1-4,6,9-10H2,(H2,16,17). The maximum absolute atomic E-state index is 10.8. The molecule has 98 valence electrons. The molecule has 2 unspecified atom stereocenters. The minimum Gasteiger partial charge on any atom is -0.390 e. The van der Waals surface area contributed by atoms with Crippen LogP contribution >= 0.6 is 0 Å². The van der Waals surface area contributed by atoms with Crippen LogP contribution in [0.5, 0.6) is 0 Å². The summed E-state index contributed by atoms with van der Waals surface area (Å²) in [6.07, 6.45) is 9.59. The van der Waals surface area contributed by atoms with Crippen LogP contribution in [0.2, 0.25) is 0 Å². The van der Waals surface area contributed by atoms with Crippen LogP contribution in [0.25, 0.3) is 0 Å². The van der Waals surface area contributed by atoms with Crippen molar-refractivity contribution >= 4 is 5.82 Å². The molecule has 0 aromatic carbocycles. The average molecular weight is 246 g/mol. The van der Waals surface area contributed by atoms with Crippen LogP contribution in [0.3, 0.4) is 0 Å². The topological polar surface area (TPSA) is 59.1 Å². The summed E-state index contributed by atoms with van der Waals surface area (Å²) in [5.74, 6) is 2.20. The fourth-order valence-electron chi connectivity index (χ4n) is 3.50. The summed E-state index contributed by atoms with van der Waals surface area (Å²) in [5, 5.41) is 10.8. The van der Waals surface area contributed by atoms with Gasteiger partial charge in [0, 0.05) is 12.6 Å². The number of pyridine rings is 1. The Bertz CT molecular complexity index is 430. The zero-order valence-corrected chi connectivity index (χ0v) is 10.8. The predicted molar refractivity (Wildman–Crippen MR) is 72.0 cm³/mol. The van der Waals surface area contributed by atoms with Crippen LogP contribution in [-0.2, 0) is 6.42 Å². The van der Waals surface area contributed by atoms with Crippen molar-refractivity contribution in [2.75, 3.05) is 5.73 Å². The van der Waals surface area contributed by atoms with E-state index in [9.17, 15) is 5.11 Å². The summed E-state index contributed by atoms with van der Waals surface area (Å²) in [6, 6.07) is 3.85. The van der Waals surface area contributed by atoms with Crippen LogP contribution in [0.1, 0.15) is 44.1 Å². The average Bonchev–Trinajstić information content (AvgIpc) is 3.12. The number of nitrogen functional groups attached to an aromatic ring is 1. The second-order valence-electron chi connectivity index (χ2n) is 6.18. The van der Waals surface area contributed by atoms with Crippen molar-refractivity contribution in [3.8, 4) is 0 Å². The van der Waals surface area contributed by atoms with Crippen LogP contribution in [0.15, 0.2) is 18.3 Å². The molecule has 0 amide bonds. The number of hydrogen-bond donors (Lipinski definition) is 2. The molecule has 0 aliphatic heterocycles. The lowest BCUT2D eigenvalue weighted by Crippen LogP contribution is -2.38. The number of aromatic nitrogens is 1. The van der Waals surface area contributed by atoms with Gasteiger partial charge >= 0.3 is 0 Å². The van der Waals surface area contributed by atoms with Gasteiger partial charge in [-0.1, -0.05) is 6.42 Å². The Balaban J connectivity index is 1.69. The van der Waals surface area contributed by atoms with Gasteiger partial charge in [-0.05, 0) is 61.6 Å². The fraction of sp³-hybridized carbons (Fsp3) is 0.667. The first-order valence-corrected chi connectivity index (χ1v) is 7.07. The van der Waals surface area contributed by atoms with E-state index >= 15 is 0 Å². The highest BCUT2D eigenvalue weighted by Crippen LogP contribution is 2.47. The summed E-state index contributed by atoms with van der Waals surface area (Å²) in [4.78, 5) is 4.00. The van der Waals surface area contributed by atoms with E-state index in [2.05, 4.69) is 4.98 Å². The van der Waals surface area contributed by atoms with E-state index in [4.69, 9.17) is 5.73 Å². The van der Waals surface area contributed by atoms with Gasteiger partial charge in [0.25, 0.3) is 0 Å². The number of nitrogens with two attached hydrogens (primary N) is 1. The van der Waals surface area contributed by atoms with Crippen molar-refractivity contribution in [3.63, 3.8) is 0 Å². The molecule has 1 aromatic rings. The van der Waals surface area contributed by atoms with Gasteiger partial charge in [-0.25, -0.2) is 4.98 Å². The molecule has 3 heteroatoms. The number of nitrogens with zero attached hydrogens (tertiary/aromatic N) is 1. The van der Waals surface area contributed by atoms with E-state index in [0.29, 0.717) is 5.82 Å². The van der Waals surface area contributed by atoms with E-state index in [1.807, 2.05) is 12.1 Å². The molecule has 1 aromatic heterocycles. The van der Waals surface area contributed by atoms with E-state index < -0.39 is 5.60 Å². The van der Waals surface area contributed by atoms with Gasteiger partial charge in [-0.15, -0.1) is 0 Å². The van der Waals surface area contributed by atoms with Crippen molar-refractivity contribution in [1.82, 2.24) is 4.98 Å². The zero-order chi connectivity index (χ0) is 12.6. The predicted octanol–water partition coefficient (Wildman–Crippen LogP) is 2.54. The molecular weight excluding hydrogens is 224 g/mol. The molecular formula is C15H22N2O. The third-order valence-electron chi connectivity index (χ3n) is 4.53. The monoisotopic (exact) mass is 246 g/mol. The molecule has 2 atom stereocenters. The number of hydrogen-bond acceptors (Lipinski definition) is 3. The minimum atomic E-state index is -0.515. The lowest BCUT2D eigenvalue weighted by molar-refractivity contribution is -0.0195. The first-order valence-electron chi connectivity index (χ1n) is 7.07. The third-order valence-corrected chi connectivity index (χ3v) is 4.53. The summed E-state index contributed by atoms with van der Waals surface area (Å²) in [7, 11) is 0. The summed E-state index contributed by atoms with van der Waals surface area (Å²) in [6.45, 7) is 0. The third kappa shape index (κ3) is 2.66. The number of anilines is 1. The SMILES string of the molecule is Nc1cc(CC2(O)CCCC(C3CC3)C2)ccn1. The Morgan fingerprint density at radius 2 is 2.17 bits per heavy atom. The molecule has 0 radical (unpaired) electrons. The van der Waals surface area contributed by atoms with E-state index in [-0.39, 0.29) is 0 Å². The van der Waals surface area contributed by atoms with Crippen molar-refractivity contribution in [2.24, 2.45) is 11.8 Å². The van der Waals surface area contributed by atoms with Gasteiger partial charge < -0.3 is 10.8 Å². The quantitative estimate of drug-likeness (QED) is 0.861. The first-order chi connectivity index (χ1) is 8.65. The highest BCUT2D eigenvalue weighted by molar-refractivity contribution is 5.32. The second-order valence-corrected chi connectivity index (χ2v) is 6.18. The van der Waals surface area contributed by atoms with Crippen LogP contribution < -0.4 is 5.73 Å². The van der Waals surface area contributed by atoms with E-state index in [1.54, 1.807) is 6.20 Å². The summed E-state index contributed by atoms with van der Waals surface area (Å²) in [5.41, 5.74) is 6.30. The van der Waals surface area contributed by atoms with Gasteiger partial charge in [0.2, 0.25) is 0 Å². The molecule has 2 aliphatic rings. The normalized spacial score (nSPS) is 32.4. The van der Waals surface area contributed by atoms with Crippen LogP contribution in [-0.4, -0.2) is 15.7 Å². The number of rotatable bonds is 3. The maximum Gasteiger partial charge on any atom is 0.123 e. The summed E-state index contributed by atoms with van der Waals surface area (Å²) < 4.78 is 0. The zero-order valence-electron chi connectivity index (χ0n) is 10.8. The molecule has 3 nitrogen and oxygen atoms in total. The molecule has 3 N–H and O–H groups in total. The smallest absolute Gasteiger partial charge is 0.123 e. The molecule has 2 saturated carbocycles. The first kappa shape index (κ1) is 12.0. The molecule has 3 rings (SSSR count). The molecule has 0 bridgehead atoms. The van der Waals surface area contributed by atoms with E-state index in [0.717, 1.165) is 43.1 Å². The Kier molecular flexibility index (Phi) is 3.02. The molecule has 0 spiro atoms. The Morgan fingerprint density at radius 3 is 2.89 bits per heavy atom. The largest absolute Gasteiger partial charge is 0.390 e. The molecule has 2 fully saturated rings. The van der Waals surface area contributed by atoms with Gasteiger partial charge in [0.05, 0.1) is 5.60 Å². The molecule has 18 heavy (non-hydrogen) atoms. The molecule has 0 saturated heterocycles. The van der Waals surface area contributed by atoms with Gasteiger partial charge in [-0.3, -0.25) is 0 Å². The fourth-order valence-corrected chi connectivity index (χ4v) is 3.50. The van der Waals surface area contributed by atoms with Crippen LogP contribution in [0.4, 0.5) is 5.82 Å².